The molecule has 5 heteroatoms. The lowest BCUT2D eigenvalue weighted by Crippen LogP contribution is -2.34. The van der Waals surface area contributed by atoms with Crippen LogP contribution in [0.15, 0.2) is 0 Å². The van der Waals surface area contributed by atoms with Crippen molar-refractivity contribution in [1.29, 1.82) is 0 Å². The summed E-state index contributed by atoms with van der Waals surface area (Å²) in [6.45, 7) is 6.83. The van der Waals surface area contributed by atoms with Crippen LogP contribution >= 0.6 is 11.6 Å². The minimum absolute atomic E-state index is 0.424. The highest BCUT2D eigenvalue weighted by atomic mass is 35.5. The van der Waals surface area contributed by atoms with E-state index in [1.165, 1.54) is 0 Å². The van der Waals surface area contributed by atoms with Gasteiger partial charge in [0.15, 0.2) is 0 Å². The Kier molecular flexibility index (Phi) is 6.66. The first-order valence-corrected chi connectivity index (χ1v) is 5.10. The van der Waals surface area contributed by atoms with Crippen molar-refractivity contribution in [3.63, 3.8) is 0 Å². The summed E-state index contributed by atoms with van der Waals surface area (Å²) < 4.78 is 10.1. The first-order chi connectivity index (χ1) is 6.45. The van der Waals surface area contributed by atoms with Gasteiger partial charge in [-0.1, -0.05) is 0 Å². The molecule has 0 unspecified atom stereocenters. The van der Waals surface area contributed by atoms with Gasteiger partial charge in [-0.25, -0.2) is 4.79 Å². The summed E-state index contributed by atoms with van der Waals surface area (Å²) in [6, 6.07) is 0. The van der Waals surface area contributed by atoms with E-state index < -0.39 is 11.7 Å². The largest absolute Gasteiger partial charge is 0.444 e. The third-order valence-corrected chi connectivity index (χ3v) is 1.29. The van der Waals surface area contributed by atoms with Gasteiger partial charge in [-0.05, 0) is 20.8 Å². The number of alkyl carbamates (subject to hydrolysis) is 1. The topological polar surface area (TPSA) is 47.6 Å². The van der Waals surface area contributed by atoms with Gasteiger partial charge in [0.25, 0.3) is 0 Å². The monoisotopic (exact) mass is 223 g/mol. The number of carbonyl (C=O) groups excluding carboxylic acids is 1. The van der Waals surface area contributed by atoms with Crippen molar-refractivity contribution in [2.24, 2.45) is 0 Å². The van der Waals surface area contributed by atoms with Crippen LogP contribution in [0.5, 0.6) is 0 Å². The summed E-state index contributed by atoms with van der Waals surface area (Å²) in [5.41, 5.74) is -0.457. The molecule has 0 fully saturated rings. The fourth-order valence-corrected chi connectivity index (χ4v) is 0.805. The molecule has 0 aromatic rings. The number of halogens is 1. The van der Waals surface area contributed by atoms with Gasteiger partial charge in [-0.2, -0.15) is 0 Å². The van der Waals surface area contributed by atoms with Gasteiger partial charge < -0.3 is 14.8 Å². The molecule has 84 valence electrons. The Labute approximate surface area is 89.9 Å². The summed E-state index contributed by atoms with van der Waals surface area (Å²) in [7, 11) is 0. The summed E-state index contributed by atoms with van der Waals surface area (Å²) in [6.07, 6.45) is -0.424. The van der Waals surface area contributed by atoms with Crippen LogP contribution in [-0.2, 0) is 9.47 Å². The number of nitrogens with one attached hydrogen (secondary N) is 1. The van der Waals surface area contributed by atoms with Crippen LogP contribution in [0.2, 0.25) is 0 Å². The number of carbonyl (C=O) groups is 1. The lowest BCUT2D eigenvalue weighted by Gasteiger charge is -2.19. The molecule has 0 saturated carbocycles. The molecule has 0 aliphatic heterocycles. The van der Waals surface area contributed by atoms with Gasteiger partial charge >= 0.3 is 6.09 Å². The van der Waals surface area contributed by atoms with Crippen LogP contribution in [0.25, 0.3) is 0 Å². The summed E-state index contributed by atoms with van der Waals surface area (Å²) >= 11 is 5.39. The van der Waals surface area contributed by atoms with E-state index in [0.29, 0.717) is 25.6 Å². The second kappa shape index (κ2) is 6.90. The average molecular weight is 224 g/mol. The van der Waals surface area contributed by atoms with E-state index in [2.05, 4.69) is 5.32 Å². The van der Waals surface area contributed by atoms with E-state index in [4.69, 9.17) is 21.1 Å². The van der Waals surface area contributed by atoms with E-state index in [1.807, 2.05) is 20.8 Å². The zero-order valence-corrected chi connectivity index (χ0v) is 9.69. The van der Waals surface area contributed by atoms with Crippen molar-refractivity contribution < 1.29 is 14.3 Å². The van der Waals surface area contributed by atoms with E-state index in [9.17, 15) is 4.79 Å². The summed E-state index contributed by atoms with van der Waals surface area (Å²) in [5.74, 6) is 0.465. The van der Waals surface area contributed by atoms with Crippen molar-refractivity contribution >= 4 is 17.7 Å². The maximum atomic E-state index is 11.1. The van der Waals surface area contributed by atoms with Gasteiger partial charge in [0.1, 0.15) is 5.60 Å². The van der Waals surface area contributed by atoms with Gasteiger partial charge in [-0.3, -0.25) is 0 Å². The Balaban J connectivity index is 3.36. The van der Waals surface area contributed by atoms with Crippen LogP contribution in [0, 0.1) is 0 Å². The van der Waals surface area contributed by atoms with Crippen molar-refractivity contribution in [2.75, 3.05) is 25.6 Å². The molecule has 0 atom stereocenters. The third kappa shape index (κ3) is 9.61. The molecule has 1 N–H and O–H groups in total. The Morgan fingerprint density at radius 2 is 2.00 bits per heavy atom. The molecule has 0 heterocycles. The van der Waals surface area contributed by atoms with Crippen molar-refractivity contribution in [3.05, 3.63) is 0 Å². The molecule has 0 saturated heterocycles. The fraction of sp³-hybridized carbons (Fsp3) is 0.889. The molecule has 0 radical (unpaired) electrons. The summed E-state index contributed by atoms with van der Waals surface area (Å²) in [5, 5.41) is 2.57. The minimum atomic E-state index is -0.457. The van der Waals surface area contributed by atoms with E-state index >= 15 is 0 Å². The molecular weight excluding hydrogens is 206 g/mol. The highest BCUT2D eigenvalue weighted by Crippen LogP contribution is 2.05. The number of hydrogen-bond donors (Lipinski definition) is 1. The molecular formula is C9H18ClNO3. The van der Waals surface area contributed by atoms with Gasteiger partial charge in [0.05, 0.1) is 13.2 Å². The predicted molar refractivity (Wildman–Crippen MR) is 55.8 cm³/mol. The molecule has 1 amide bonds. The highest BCUT2D eigenvalue weighted by Gasteiger charge is 2.15. The van der Waals surface area contributed by atoms with Crippen LogP contribution in [-0.4, -0.2) is 37.3 Å². The third-order valence-electron chi connectivity index (χ3n) is 1.14. The molecule has 4 nitrogen and oxygen atoms in total. The second-order valence-corrected chi connectivity index (χ2v) is 4.11. The van der Waals surface area contributed by atoms with Crippen molar-refractivity contribution in [1.82, 2.24) is 5.32 Å². The zero-order valence-electron chi connectivity index (χ0n) is 8.93. The molecule has 0 aromatic heterocycles. The lowest BCUT2D eigenvalue weighted by molar-refractivity contribution is 0.0503. The van der Waals surface area contributed by atoms with E-state index in [-0.39, 0.29) is 0 Å². The molecule has 0 bridgehead atoms. The molecule has 0 aliphatic rings. The van der Waals surface area contributed by atoms with Crippen molar-refractivity contribution in [2.45, 2.75) is 26.4 Å². The maximum absolute atomic E-state index is 11.1. The molecule has 0 spiro atoms. The van der Waals surface area contributed by atoms with Crippen LogP contribution in [0.4, 0.5) is 4.79 Å². The van der Waals surface area contributed by atoms with Gasteiger partial charge in [-0.15, -0.1) is 11.6 Å². The first kappa shape index (κ1) is 13.5. The van der Waals surface area contributed by atoms with Gasteiger partial charge in [0, 0.05) is 12.4 Å². The van der Waals surface area contributed by atoms with Crippen molar-refractivity contribution in [3.8, 4) is 0 Å². The Hall–Kier alpha value is -0.480. The second-order valence-electron chi connectivity index (χ2n) is 3.73. The predicted octanol–water partition coefficient (Wildman–Crippen LogP) is 1.77. The quantitative estimate of drug-likeness (QED) is 0.571. The van der Waals surface area contributed by atoms with Gasteiger partial charge in [0.2, 0.25) is 0 Å². The van der Waals surface area contributed by atoms with E-state index in [0.717, 1.165) is 0 Å². The van der Waals surface area contributed by atoms with Crippen LogP contribution in [0.3, 0.4) is 0 Å². The zero-order chi connectivity index (χ0) is 11.0. The Bertz CT molecular complexity index is 168. The molecule has 0 aromatic carbocycles. The number of amides is 1. The lowest BCUT2D eigenvalue weighted by atomic mass is 10.2. The number of alkyl halides is 1. The fourth-order valence-electron chi connectivity index (χ4n) is 0.696. The van der Waals surface area contributed by atoms with E-state index in [1.54, 1.807) is 0 Å². The smallest absolute Gasteiger partial charge is 0.407 e. The molecule has 0 aliphatic carbocycles. The number of hydrogen-bond acceptors (Lipinski definition) is 3. The molecule has 0 rings (SSSR count). The van der Waals surface area contributed by atoms with Crippen LogP contribution in [0.1, 0.15) is 20.8 Å². The SMILES string of the molecule is CC(C)(C)OC(=O)NCCOCCCl. The normalized spacial score (nSPS) is 11.1. The highest BCUT2D eigenvalue weighted by molar-refractivity contribution is 6.17. The van der Waals surface area contributed by atoms with Crippen LogP contribution < -0.4 is 5.32 Å². The molecule has 14 heavy (non-hydrogen) atoms. The standard InChI is InChI=1S/C9H18ClNO3/c1-9(2,3)14-8(12)11-5-7-13-6-4-10/h4-7H2,1-3H3,(H,11,12). The minimum Gasteiger partial charge on any atom is -0.444 e. The first-order valence-electron chi connectivity index (χ1n) is 4.56. The number of rotatable bonds is 5. The Morgan fingerprint density at radius 3 is 2.50 bits per heavy atom. The number of ether oxygens (including phenoxy) is 2. The summed E-state index contributed by atoms with van der Waals surface area (Å²) in [4.78, 5) is 11.1. The average Bonchev–Trinajstić information content (AvgIpc) is 2.00. The Morgan fingerprint density at radius 1 is 1.36 bits per heavy atom. The maximum Gasteiger partial charge on any atom is 0.407 e.